The largest absolute Gasteiger partial charge is 0.390 e. The molecule has 2 aliphatic rings. The second-order valence-corrected chi connectivity index (χ2v) is 11.2. The standard InChI is InChI=1S/C26H28ClN7OS/c1-15-21(36-19-6-9-30-23(29)20(19)27)24-32-17(14-35)13-34(24)25(31-15)33-10-7-26(8-11-33)12-16-4-2-3-5-18(16)22(26)28/h2-6,9,13,22,35H,7-8,10-12,14,28H2,1H3,(H2,29,30). The van der Waals surface area contributed by atoms with E-state index >= 15 is 0 Å². The summed E-state index contributed by atoms with van der Waals surface area (Å²) in [6.07, 6.45) is 6.53. The summed E-state index contributed by atoms with van der Waals surface area (Å²) in [4.78, 5) is 17.8. The minimum Gasteiger partial charge on any atom is -0.390 e. The van der Waals surface area contributed by atoms with Gasteiger partial charge in [0.15, 0.2) is 5.65 Å². The van der Waals surface area contributed by atoms with Crippen molar-refractivity contribution in [2.45, 2.75) is 48.6 Å². The highest BCUT2D eigenvalue weighted by molar-refractivity contribution is 7.99. The van der Waals surface area contributed by atoms with Crippen LogP contribution in [0.5, 0.6) is 0 Å². The van der Waals surface area contributed by atoms with Crippen LogP contribution in [0.15, 0.2) is 52.5 Å². The average Bonchev–Trinajstić information content (AvgIpc) is 3.43. The number of piperidine rings is 1. The lowest BCUT2D eigenvalue weighted by molar-refractivity contribution is 0.186. The number of hydrogen-bond acceptors (Lipinski definition) is 8. The van der Waals surface area contributed by atoms with E-state index in [1.165, 1.54) is 22.9 Å². The van der Waals surface area contributed by atoms with Crippen molar-refractivity contribution >= 4 is 40.8 Å². The third kappa shape index (κ3) is 3.73. The van der Waals surface area contributed by atoms with Crippen molar-refractivity contribution in [2.75, 3.05) is 23.7 Å². The first-order valence-corrected chi connectivity index (χ1v) is 13.3. The summed E-state index contributed by atoms with van der Waals surface area (Å²) in [6.45, 7) is 3.54. The predicted molar refractivity (Wildman–Crippen MR) is 142 cm³/mol. The van der Waals surface area contributed by atoms with E-state index in [0.717, 1.165) is 59.4 Å². The quantitative estimate of drug-likeness (QED) is 0.366. The van der Waals surface area contributed by atoms with Gasteiger partial charge in [-0.1, -0.05) is 47.6 Å². The lowest BCUT2D eigenvalue weighted by Crippen LogP contribution is -2.45. The number of halogens is 1. The third-order valence-corrected chi connectivity index (χ3v) is 9.41. The van der Waals surface area contributed by atoms with E-state index in [9.17, 15) is 5.11 Å². The van der Waals surface area contributed by atoms with Crippen LogP contribution in [-0.4, -0.2) is 37.5 Å². The number of nitrogens with two attached hydrogens (primary N) is 2. The Kier molecular flexibility index (Phi) is 5.83. The van der Waals surface area contributed by atoms with E-state index in [0.29, 0.717) is 10.7 Å². The van der Waals surface area contributed by atoms with Gasteiger partial charge in [0.1, 0.15) is 5.82 Å². The van der Waals surface area contributed by atoms with Crippen molar-refractivity contribution in [3.63, 3.8) is 0 Å². The van der Waals surface area contributed by atoms with Crippen molar-refractivity contribution in [3.05, 3.63) is 70.3 Å². The normalized spacial score (nSPS) is 18.8. The molecular weight excluding hydrogens is 494 g/mol. The van der Waals surface area contributed by atoms with Gasteiger partial charge in [0.05, 0.1) is 27.9 Å². The Morgan fingerprint density at radius 2 is 1.97 bits per heavy atom. The molecule has 1 spiro atoms. The first-order chi connectivity index (χ1) is 17.4. The molecule has 1 aliphatic carbocycles. The van der Waals surface area contributed by atoms with Gasteiger partial charge in [-0.05, 0) is 48.8 Å². The van der Waals surface area contributed by atoms with Crippen LogP contribution in [0.25, 0.3) is 5.65 Å². The molecule has 0 saturated carbocycles. The summed E-state index contributed by atoms with van der Waals surface area (Å²) in [5, 5.41) is 10.3. The molecular formula is C26H28ClN7OS. The van der Waals surface area contributed by atoms with Gasteiger partial charge in [-0.25, -0.2) is 15.0 Å². The number of rotatable bonds is 4. The van der Waals surface area contributed by atoms with E-state index in [4.69, 9.17) is 33.0 Å². The van der Waals surface area contributed by atoms with Gasteiger partial charge in [-0.3, -0.25) is 4.40 Å². The molecule has 1 unspecified atom stereocenters. The Hall–Kier alpha value is -2.85. The minimum atomic E-state index is -0.149. The van der Waals surface area contributed by atoms with Crippen molar-refractivity contribution in [1.29, 1.82) is 0 Å². The summed E-state index contributed by atoms with van der Waals surface area (Å²) in [7, 11) is 0. The van der Waals surface area contributed by atoms with Gasteiger partial charge in [0.2, 0.25) is 5.95 Å². The third-order valence-electron chi connectivity index (χ3n) is 7.66. The number of pyridine rings is 1. The van der Waals surface area contributed by atoms with Crippen molar-refractivity contribution in [2.24, 2.45) is 11.1 Å². The first kappa shape index (κ1) is 23.5. The second-order valence-electron chi connectivity index (χ2n) is 9.72. The van der Waals surface area contributed by atoms with Crippen LogP contribution in [0.2, 0.25) is 5.02 Å². The lowest BCUT2D eigenvalue weighted by atomic mass is 9.73. The van der Waals surface area contributed by atoms with Gasteiger partial charge in [-0.15, -0.1) is 0 Å². The summed E-state index contributed by atoms with van der Waals surface area (Å²) >= 11 is 7.88. The predicted octanol–water partition coefficient (Wildman–Crippen LogP) is 4.15. The van der Waals surface area contributed by atoms with Gasteiger partial charge in [0.25, 0.3) is 0 Å². The van der Waals surface area contributed by atoms with E-state index in [1.54, 1.807) is 6.20 Å². The molecule has 5 N–H and O–H groups in total. The molecule has 186 valence electrons. The lowest BCUT2D eigenvalue weighted by Gasteiger charge is -2.42. The van der Waals surface area contributed by atoms with Crippen LogP contribution in [0.1, 0.15) is 41.4 Å². The second kappa shape index (κ2) is 8.92. The molecule has 36 heavy (non-hydrogen) atoms. The zero-order chi connectivity index (χ0) is 25.0. The number of imidazole rings is 1. The van der Waals surface area contributed by atoms with Gasteiger partial charge in [-0.2, -0.15) is 0 Å². The molecule has 1 fully saturated rings. The Labute approximate surface area is 218 Å². The summed E-state index contributed by atoms with van der Waals surface area (Å²) in [5.74, 6) is 1.12. The maximum absolute atomic E-state index is 9.85. The summed E-state index contributed by atoms with van der Waals surface area (Å²) < 4.78 is 1.99. The highest BCUT2D eigenvalue weighted by Gasteiger charge is 2.46. The minimum absolute atomic E-state index is 0.0659. The number of hydrogen-bond donors (Lipinski definition) is 3. The zero-order valence-electron chi connectivity index (χ0n) is 20.0. The van der Waals surface area contributed by atoms with Crippen LogP contribution in [0, 0.1) is 12.3 Å². The molecule has 4 aromatic rings. The van der Waals surface area contributed by atoms with Crippen LogP contribution in [0.3, 0.4) is 0 Å². The molecule has 10 heteroatoms. The van der Waals surface area contributed by atoms with Gasteiger partial charge in [0, 0.05) is 36.4 Å². The number of nitrogen functional groups attached to an aromatic ring is 1. The highest BCUT2D eigenvalue weighted by Crippen LogP contribution is 2.51. The Morgan fingerprint density at radius 1 is 1.19 bits per heavy atom. The summed E-state index contributed by atoms with van der Waals surface area (Å²) in [5.41, 5.74) is 17.6. The topological polar surface area (TPSA) is 119 Å². The zero-order valence-corrected chi connectivity index (χ0v) is 21.6. The fourth-order valence-corrected chi connectivity index (χ4v) is 6.86. The number of aliphatic hydroxyl groups is 1. The maximum Gasteiger partial charge on any atom is 0.211 e. The molecule has 0 bridgehead atoms. The number of nitrogens with zero attached hydrogens (tertiary/aromatic N) is 5. The maximum atomic E-state index is 9.85. The monoisotopic (exact) mass is 521 g/mol. The van der Waals surface area contributed by atoms with E-state index in [1.807, 2.05) is 23.6 Å². The average molecular weight is 522 g/mol. The molecule has 6 rings (SSSR count). The first-order valence-electron chi connectivity index (χ1n) is 12.1. The SMILES string of the molecule is Cc1nc(N2CCC3(CC2)Cc2ccccc2C3N)n2cc(CO)nc2c1Sc1ccnc(N)c1Cl. The van der Waals surface area contributed by atoms with Gasteiger partial charge >= 0.3 is 0 Å². The fraction of sp³-hybridized carbons (Fsp3) is 0.346. The van der Waals surface area contributed by atoms with Crippen molar-refractivity contribution in [3.8, 4) is 0 Å². The Balaban J connectivity index is 1.33. The van der Waals surface area contributed by atoms with E-state index < -0.39 is 0 Å². The number of aromatic nitrogens is 4. The molecule has 1 atom stereocenters. The molecule has 4 heterocycles. The molecule has 3 aromatic heterocycles. The van der Waals surface area contributed by atoms with Gasteiger partial charge < -0.3 is 21.5 Å². The molecule has 1 saturated heterocycles. The van der Waals surface area contributed by atoms with Crippen LogP contribution in [-0.2, 0) is 13.0 Å². The number of anilines is 2. The van der Waals surface area contributed by atoms with E-state index in [-0.39, 0.29) is 23.9 Å². The smallest absolute Gasteiger partial charge is 0.211 e. The van der Waals surface area contributed by atoms with Crippen LogP contribution >= 0.6 is 23.4 Å². The number of aliphatic hydroxyl groups excluding tert-OH is 1. The highest BCUT2D eigenvalue weighted by atomic mass is 35.5. The number of benzene rings is 1. The number of fused-ring (bicyclic) bond motifs is 2. The van der Waals surface area contributed by atoms with Crippen molar-refractivity contribution in [1.82, 2.24) is 19.4 Å². The summed E-state index contributed by atoms with van der Waals surface area (Å²) in [6, 6.07) is 10.5. The fourth-order valence-electron chi connectivity index (χ4n) is 5.66. The molecule has 0 amide bonds. The molecule has 0 radical (unpaired) electrons. The van der Waals surface area contributed by atoms with Crippen LogP contribution in [0.4, 0.5) is 11.8 Å². The molecule has 8 nitrogen and oxygen atoms in total. The van der Waals surface area contributed by atoms with Crippen LogP contribution < -0.4 is 16.4 Å². The Morgan fingerprint density at radius 3 is 2.72 bits per heavy atom. The van der Waals surface area contributed by atoms with E-state index in [2.05, 4.69) is 34.1 Å². The molecule has 1 aliphatic heterocycles. The Bertz CT molecular complexity index is 1460. The molecule has 1 aromatic carbocycles. The van der Waals surface area contributed by atoms with Crippen molar-refractivity contribution < 1.29 is 5.11 Å². The number of aryl methyl sites for hydroxylation is 1.